The van der Waals surface area contributed by atoms with Crippen molar-refractivity contribution >= 4 is 12.1 Å². The molecule has 0 aliphatic carbocycles. The van der Waals surface area contributed by atoms with Gasteiger partial charge in [-0.1, -0.05) is 0 Å². The Hall–Kier alpha value is -0.700. The van der Waals surface area contributed by atoms with Gasteiger partial charge in [0, 0.05) is 6.61 Å². The van der Waals surface area contributed by atoms with Gasteiger partial charge in [0.05, 0.1) is 0 Å². The predicted molar refractivity (Wildman–Crippen MR) is 31.8 cm³/mol. The maximum atomic E-state index is 10.4. The van der Waals surface area contributed by atoms with E-state index in [1.807, 2.05) is 0 Å². The van der Waals surface area contributed by atoms with E-state index in [1.54, 1.807) is 6.92 Å². The van der Waals surface area contributed by atoms with Crippen LogP contribution in [0.15, 0.2) is 0 Å². The first-order valence-electron chi connectivity index (χ1n) is 2.72. The van der Waals surface area contributed by atoms with Crippen molar-refractivity contribution in [2.75, 3.05) is 6.61 Å². The first-order chi connectivity index (χ1) is 4.22. The van der Waals surface area contributed by atoms with Gasteiger partial charge < -0.3 is 4.74 Å². The Bertz CT molecular complexity index is 109. The molecule has 0 saturated heterocycles. The third-order valence-electron chi connectivity index (χ3n) is 0.810. The molecule has 3 heteroatoms. The highest BCUT2D eigenvalue weighted by atomic mass is 16.5. The standard InChI is InChI=1S/C6H9O3/c1-3-9-6(4-7)5(2)8/h6H,3H2,1-2H3. The molecule has 0 bridgehead atoms. The summed E-state index contributed by atoms with van der Waals surface area (Å²) in [5.41, 5.74) is 0. The summed E-state index contributed by atoms with van der Waals surface area (Å²) in [6.07, 6.45) is 0.504. The normalized spacial score (nSPS) is 12.7. The molecule has 3 nitrogen and oxygen atoms in total. The number of ether oxygens (including phenoxy) is 1. The Balaban J connectivity index is 3.68. The summed E-state index contributed by atoms with van der Waals surface area (Å²) in [7, 11) is 0. The lowest BCUT2D eigenvalue weighted by Gasteiger charge is -2.02. The quantitative estimate of drug-likeness (QED) is 0.505. The monoisotopic (exact) mass is 129 g/mol. The van der Waals surface area contributed by atoms with E-state index in [1.165, 1.54) is 13.2 Å². The van der Waals surface area contributed by atoms with Crippen molar-refractivity contribution in [1.82, 2.24) is 0 Å². The van der Waals surface area contributed by atoms with Gasteiger partial charge in [0.1, 0.15) is 0 Å². The molecular weight excluding hydrogens is 120 g/mol. The Morgan fingerprint density at radius 1 is 1.78 bits per heavy atom. The summed E-state index contributed by atoms with van der Waals surface area (Å²) in [5, 5.41) is 0. The SMILES string of the molecule is CCOC([C]=O)C(C)=O. The van der Waals surface area contributed by atoms with Gasteiger partial charge in [-0.2, -0.15) is 0 Å². The molecule has 0 spiro atoms. The molecule has 0 aromatic carbocycles. The van der Waals surface area contributed by atoms with E-state index in [0.717, 1.165) is 0 Å². The van der Waals surface area contributed by atoms with Gasteiger partial charge in [0.25, 0.3) is 0 Å². The van der Waals surface area contributed by atoms with Crippen LogP contribution >= 0.6 is 0 Å². The molecule has 0 rings (SSSR count). The summed E-state index contributed by atoms with van der Waals surface area (Å²) in [4.78, 5) is 20.2. The predicted octanol–water partition coefficient (Wildman–Crippen LogP) is 0.0902. The maximum Gasteiger partial charge on any atom is 0.237 e. The van der Waals surface area contributed by atoms with Crippen molar-refractivity contribution in [3.05, 3.63) is 0 Å². The lowest BCUT2D eigenvalue weighted by Crippen LogP contribution is -2.22. The van der Waals surface area contributed by atoms with Crippen molar-refractivity contribution in [1.29, 1.82) is 0 Å². The average Bonchev–Trinajstić information content (AvgIpc) is 1.82. The van der Waals surface area contributed by atoms with E-state index < -0.39 is 6.10 Å². The van der Waals surface area contributed by atoms with Crippen LogP contribution in [-0.4, -0.2) is 24.8 Å². The topological polar surface area (TPSA) is 43.4 Å². The molecular formula is C6H9O3. The fourth-order valence-corrected chi connectivity index (χ4v) is 0.401. The molecule has 0 aromatic rings. The first kappa shape index (κ1) is 8.30. The number of hydrogen-bond donors (Lipinski definition) is 0. The van der Waals surface area contributed by atoms with Gasteiger partial charge in [-0.25, -0.2) is 0 Å². The average molecular weight is 129 g/mol. The third-order valence-corrected chi connectivity index (χ3v) is 0.810. The Morgan fingerprint density at radius 2 is 2.33 bits per heavy atom. The number of rotatable bonds is 4. The van der Waals surface area contributed by atoms with Crippen molar-refractivity contribution < 1.29 is 14.3 Å². The molecule has 1 unspecified atom stereocenters. The Morgan fingerprint density at radius 3 is 2.44 bits per heavy atom. The molecule has 0 amide bonds. The van der Waals surface area contributed by atoms with E-state index in [0.29, 0.717) is 6.61 Å². The van der Waals surface area contributed by atoms with E-state index >= 15 is 0 Å². The van der Waals surface area contributed by atoms with E-state index in [4.69, 9.17) is 0 Å². The van der Waals surface area contributed by atoms with Crippen LogP contribution in [0, 0.1) is 0 Å². The lowest BCUT2D eigenvalue weighted by molar-refractivity contribution is -0.124. The van der Waals surface area contributed by atoms with Crippen molar-refractivity contribution in [2.45, 2.75) is 20.0 Å². The second kappa shape index (κ2) is 4.21. The highest BCUT2D eigenvalue weighted by molar-refractivity contribution is 5.94. The van der Waals surface area contributed by atoms with Gasteiger partial charge in [0.15, 0.2) is 11.9 Å². The number of Topliss-reactive ketones (excluding diaryl/α,β-unsaturated/α-hetero) is 1. The minimum absolute atomic E-state index is 0.299. The molecule has 1 radical (unpaired) electrons. The minimum atomic E-state index is -0.977. The van der Waals surface area contributed by atoms with Crippen LogP contribution < -0.4 is 0 Å². The largest absolute Gasteiger partial charge is 0.362 e. The van der Waals surface area contributed by atoms with Crippen LogP contribution in [0.25, 0.3) is 0 Å². The first-order valence-corrected chi connectivity index (χ1v) is 2.72. The molecule has 0 aliphatic rings. The lowest BCUT2D eigenvalue weighted by atomic mass is 10.3. The summed E-state index contributed by atoms with van der Waals surface area (Å²) in [5.74, 6) is -0.299. The molecule has 0 aromatic heterocycles. The molecule has 0 N–H and O–H groups in total. The molecule has 0 saturated carbocycles. The third kappa shape index (κ3) is 2.98. The van der Waals surface area contributed by atoms with Gasteiger partial charge in [0.2, 0.25) is 6.29 Å². The molecule has 9 heavy (non-hydrogen) atoms. The van der Waals surface area contributed by atoms with Crippen molar-refractivity contribution in [3.63, 3.8) is 0 Å². The van der Waals surface area contributed by atoms with Gasteiger partial charge in [-0.3, -0.25) is 9.59 Å². The van der Waals surface area contributed by atoms with Crippen LogP contribution in [0.2, 0.25) is 0 Å². The van der Waals surface area contributed by atoms with Gasteiger partial charge in [-0.05, 0) is 13.8 Å². The highest BCUT2D eigenvalue weighted by Crippen LogP contribution is 1.87. The zero-order valence-electron chi connectivity index (χ0n) is 5.51. The summed E-state index contributed by atoms with van der Waals surface area (Å²) in [6.45, 7) is 3.37. The summed E-state index contributed by atoms with van der Waals surface area (Å²) >= 11 is 0. The zero-order chi connectivity index (χ0) is 7.28. The van der Waals surface area contributed by atoms with Crippen molar-refractivity contribution in [2.24, 2.45) is 0 Å². The van der Waals surface area contributed by atoms with E-state index in [-0.39, 0.29) is 5.78 Å². The molecule has 0 heterocycles. The van der Waals surface area contributed by atoms with Crippen molar-refractivity contribution in [3.8, 4) is 0 Å². The van der Waals surface area contributed by atoms with Crippen LogP contribution in [0.4, 0.5) is 0 Å². The molecule has 0 fully saturated rings. The van der Waals surface area contributed by atoms with Gasteiger partial charge >= 0.3 is 0 Å². The second-order valence-electron chi connectivity index (χ2n) is 1.56. The smallest absolute Gasteiger partial charge is 0.237 e. The Labute approximate surface area is 54.0 Å². The summed E-state index contributed by atoms with van der Waals surface area (Å²) < 4.78 is 4.68. The van der Waals surface area contributed by atoms with E-state index in [2.05, 4.69) is 4.74 Å². The van der Waals surface area contributed by atoms with Crippen LogP contribution in [0.3, 0.4) is 0 Å². The minimum Gasteiger partial charge on any atom is -0.362 e. The zero-order valence-corrected chi connectivity index (χ0v) is 5.51. The molecule has 0 aliphatic heterocycles. The number of ketones is 1. The fraction of sp³-hybridized carbons (Fsp3) is 0.667. The Kier molecular flexibility index (Phi) is 3.88. The summed E-state index contributed by atoms with van der Waals surface area (Å²) in [6, 6.07) is 0. The highest BCUT2D eigenvalue weighted by Gasteiger charge is 2.12. The van der Waals surface area contributed by atoms with Gasteiger partial charge in [-0.15, -0.1) is 0 Å². The van der Waals surface area contributed by atoms with Crippen LogP contribution in [0.5, 0.6) is 0 Å². The number of carbonyl (C=O) groups is 1. The number of hydrogen-bond acceptors (Lipinski definition) is 3. The second-order valence-corrected chi connectivity index (χ2v) is 1.56. The van der Waals surface area contributed by atoms with Crippen LogP contribution in [0.1, 0.15) is 13.8 Å². The van der Waals surface area contributed by atoms with Crippen LogP contribution in [-0.2, 0) is 14.3 Å². The maximum absolute atomic E-state index is 10.4. The van der Waals surface area contributed by atoms with E-state index in [9.17, 15) is 9.59 Å². The molecule has 1 atom stereocenters. The number of carbonyl (C=O) groups excluding carboxylic acids is 2. The fourth-order valence-electron chi connectivity index (χ4n) is 0.401. The molecule has 51 valence electrons.